The first-order chi connectivity index (χ1) is 28.5. The van der Waals surface area contributed by atoms with E-state index in [1.54, 1.807) is 0 Å². The number of hydrogen-bond acceptors (Lipinski definition) is 5. The van der Waals surface area contributed by atoms with Crippen LogP contribution in [0.15, 0.2) is 48.6 Å². The van der Waals surface area contributed by atoms with Crippen LogP contribution in [0.25, 0.3) is 0 Å². The fourth-order valence-corrected chi connectivity index (χ4v) is 7.40. The summed E-state index contributed by atoms with van der Waals surface area (Å²) in [6.07, 6.45) is 54.6. The first-order valence-corrected chi connectivity index (χ1v) is 24.9. The Morgan fingerprint density at radius 1 is 0.534 bits per heavy atom. The highest BCUT2D eigenvalue weighted by atomic mass is 16.5. The zero-order chi connectivity index (χ0) is 42.4. The highest BCUT2D eigenvalue weighted by molar-refractivity contribution is 5.77. The molecule has 0 aromatic heterocycles. The molecule has 0 aliphatic rings. The average molecular weight is 814 g/mol. The number of amides is 1. The van der Waals surface area contributed by atoms with Crippen LogP contribution in [0.5, 0.6) is 0 Å². The van der Waals surface area contributed by atoms with Crippen LogP contribution in [0, 0.1) is 0 Å². The zero-order valence-electron chi connectivity index (χ0n) is 38.4. The molecule has 58 heavy (non-hydrogen) atoms. The number of carbonyl (C=O) groups is 2. The van der Waals surface area contributed by atoms with Crippen molar-refractivity contribution in [2.45, 2.75) is 264 Å². The van der Waals surface area contributed by atoms with Crippen molar-refractivity contribution in [2.75, 3.05) is 6.61 Å². The maximum Gasteiger partial charge on any atom is 0.306 e. The molecule has 0 saturated carbocycles. The monoisotopic (exact) mass is 814 g/mol. The highest BCUT2D eigenvalue weighted by Gasteiger charge is 2.24. The van der Waals surface area contributed by atoms with Crippen LogP contribution in [-0.4, -0.2) is 46.9 Å². The van der Waals surface area contributed by atoms with Crippen molar-refractivity contribution in [1.29, 1.82) is 0 Å². The van der Waals surface area contributed by atoms with E-state index in [1.165, 1.54) is 109 Å². The number of rotatable bonds is 44. The number of ether oxygens (including phenoxy) is 1. The van der Waals surface area contributed by atoms with Gasteiger partial charge in [-0.2, -0.15) is 0 Å². The minimum atomic E-state index is -0.792. The van der Waals surface area contributed by atoms with Gasteiger partial charge < -0.3 is 20.3 Å². The lowest BCUT2D eigenvalue weighted by Gasteiger charge is -2.24. The summed E-state index contributed by atoms with van der Waals surface area (Å²) in [6, 6.07) is -0.707. The predicted molar refractivity (Wildman–Crippen MR) is 250 cm³/mol. The lowest BCUT2D eigenvalue weighted by Crippen LogP contribution is -2.46. The third-order valence-electron chi connectivity index (χ3n) is 11.2. The van der Waals surface area contributed by atoms with Crippen LogP contribution < -0.4 is 5.32 Å². The molecule has 0 fully saturated rings. The van der Waals surface area contributed by atoms with E-state index in [0.29, 0.717) is 19.3 Å². The Morgan fingerprint density at radius 2 is 0.983 bits per heavy atom. The number of nitrogens with one attached hydrogen (secondary N) is 1. The van der Waals surface area contributed by atoms with Gasteiger partial charge in [0, 0.05) is 6.42 Å². The molecular weight excluding hydrogens is 719 g/mol. The molecule has 0 aliphatic heterocycles. The molecule has 0 spiro atoms. The Hall–Kier alpha value is -2.18. The number of carbonyl (C=O) groups excluding carboxylic acids is 2. The van der Waals surface area contributed by atoms with Crippen LogP contribution in [0.3, 0.4) is 0 Å². The Balaban J connectivity index is 4.57. The number of esters is 1. The summed E-state index contributed by atoms with van der Waals surface area (Å²) < 4.78 is 5.91. The van der Waals surface area contributed by atoms with Crippen molar-refractivity contribution in [3.8, 4) is 0 Å². The smallest absolute Gasteiger partial charge is 0.306 e. The van der Waals surface area contributed by atoms with Gasteiger partial charge in [0.1, 0.15) is 6.10 Å². The molecule has 0 heterocycles. The van der Waals surface area contributed by atoms with E-state index in [4.69, 9.17) is 4.74 Å². The van der Waals surface area contributed by atoms with Crippen LogP contribution in [0.4, 0.5) is 0 Å². The third kappa shape index (κ3) is 40.6. The first-order valence-electron chi connectivity index (χ1n) is 24.9. The lowest BCUT2D eigenvalue weighted by molar-refractivity contribution is -0.151. The van der Waals surface area contributed by atoms with Gasteiger partial charge in [0.25, 0.3) is 0 Å². The van der Waals surface area contributed by atoms with Crippen LogP contribution in [0.1, 0.15) is 245 Å². The summed E-state index contributed by atoms with van der Waals surface area (Å²) in [5.41, 5.74) is 0. The van der Waals surface area contributed by atoms with Gasteiger partial charge in [0.15, 0.2) is 0 Å². The minimum absolute atomic E-state index is 0.0616. The predicted octanol–water partition coefficient (Wildman–Crippen LogP) is 14.7. The van der Waals surface area contributed by atoms with E-state index in [2.05, 4.69) is 74.7 Å². The fourth-order valence-electron chi connectivity index (χ4n) is 7.40. The number of unbranched alkanes of at least 4 members (excludes halogenated alkanes) is 25. The van der Waals surface area contributed by atoms with Gasteiger partial charge in [0.2, 0.25) is 5.91 Å². The van der Waals surface area contributed by atoms with Crippen molar-refractivity contribution >= 4 is 11.9 Å². The maximum absolute atomic E-state index is 13.1. The molecular formula is C52H95NO5. The standard InChI is InChI=1S/C52H95NO5/c1-4-7-10-13-16-19-21-23-24-25-26-27-28-30-33-36-39-42-45-52(57)58-48(43-40-37-34-32-29-22-20-17-14-11-8-5-2)46-51(56)53-49(47-54)50(55)44-41-38-35-31-18-15-12-9-6-3/h8,11,17,20,24-27,48-50,54-55H,4-7,9-10,12-16,18-19,21-23,28-47H2,1-3H3,(H,53,56)/b11-8+,20-17+,25-24+,27-26+. The summed E-state index contributed by atoms with van der Waals surface area (Å²) in [6.45, 7) is 6.34. The third-order valence-corrected chi connectivity index (χ3v) is 11.2. The summed E-state index contributed by atoms with van der Waals surface area (Å²) in [7, 11) is 0. The Morgan fingerprint density at radius 3 is 1.50 bits per heavy atom. The van der Waals surface area contributed by atoms with E-state index < -0.39 is 18.2 Å². The molecule has 0 aliphatic carbocycles. The van der Waals surface area contributed by atoms with Gasteiger partial charge >= 0.3 is 5.97 Å². The molecule has 0 aromatic carbocycles. The fraction of sp³-hybridized carbons (Fsp3) is 0.808. The van der Waals surface area contributed by atoms with Gasteiger partial charge in [-0.25, -0.2) is 0 Å². The van der Waals surface area contributed by atoms with E-state index in [9.17, 15) is 19.8 Å². The molecule has 1 amide bonds. The molecule has 0 aromatic rings. The summed E-state index contributed by atoms with van der Waals surface area (Å²) in [5.74, 6) is -0.505. The van der Waals surface area contributed by atoms with Crippen molar-refractivity contribution in [2.24, 2.45) is 0 Å². The zero-order valence-corrected chi connectivity index (χ0v) is 38.4. The Bertz CT molecular complexity index is 1000. The second-order valence-corrected chi connectivity index (χ2v) is 16.9. The van der Waals surface area contributed by atoms with Crippen molar-refractivity contribution in [3.63, 3.8) is 0 Å². The average Bonchev–Trinajstić information content (AvgIpc) is 3.22. The number of aliphatic hydroxyl groups excluding tert-OH is 2. The van der Waals surface area contributed by atoms with Crippen LogP contribution in [-0.2, 0) is 14.3 Å². The molecule has 6 nitrogen and oxygen atoms in total. The second kappa shape index (κ2) is 45.9. The van der Waals surface area contributed by atoms with E-state index in [0.717, 1.165) is 89.9 Å². The number of allylic oxidation sites excluding steroid dienone is 8. The SMILES string of the molecule is CC/C=C/C/C=C/CCCCCCCC(CC(=O)NC(CO)C(O)CCCCCCCCCCC)OC(=O)CCCCCCC/C=C/C=C/CCCCCCCCC. The largest absolute Gasteiger partial charge is 0.462 e. The maximum atomic E-state index is 13.1. The normalized spacial score (nSPS) is 13.7. The van der Waals surface area contributed by atoms with Crippen molar-refractivity contribution in [1.82, 2.24) is 5.32 Å². The molecule has 0 bridgehead atoms. The summed E-state index contributed by atoms with van der Waals surface area (Å²) in [5, 5.41) is 23.6. The molecule has 3 N–H and O–H groups in total. The highest BCUT2D eigenvalue weighted by Crippen LogP contribution is 2.17. The minimum Gasteiger partial charge on any atom is -0.462 e. The molecule has 6 heteroatoms. The van der Waals surface area contributed by atoms with Gasteiger partial charge in [-0.15, -0.1) is 0 Å². The van der Waals surface area contributed by atoms with Crippen LogP contribution >= 0.6 is 0 Å². The number of hydrogen-bond donors (Lipinski definition) is 3. The molecule has 0 saturated heterocycles. The lowest BCUT2D eigenvalue weighted by atomic mass is 10.0. The summed E-state index contributed by atoms with van der Waals surface area (Å²) >= 11 is 0. The second-order valence-electron chi connectivity index (χ2n) is 16.9. The Kier molecular flexibility index (Phi) is 44.2. The molecule has 0 rings (SSSR count). The van der Waals surface area contributed by atoms with Crippen LogP contribution in [0.2, 0.25) is 0 Å². The van der Waals surface area contributed by atoms with Crippen molar-refractivity contribution < 1.29 is 24.5 Å². The van der Waals surface area contributed by atoms with Gasteiger partial charge in [-0.1, -0.05) is 204 Å². The van der Waals surface area contributed by atoms with Gasteiger partial charge in [-0.05, 0) is 77.0 Å². The number of aliphatic hydroxyl groups is 2. The molecule has 0 radical (unpaired) electrons. The molecule has 338 valence electrons. The topological polar surface area (TPSA) is 95.9 Å². The first kappa shape index (κ1) is 55.8. The van der Waals surface area contributed by atoms with Crippen molar-refractivity contribution in [3.05, 3.63) is 48.6 Å². The van der Waals surface area contributed by atoms with E-state index >= 15 is 0 Å². The summed E-state index contributed by atoms with van der Waals surface area (Å²) in [4.78, 5) is 26.1. The van der Waals surface area contributed by atoms with E-state index in [-0.39, 0.29) is 24.9 Å². The van der Waals surface area contributed by atoms with E-state index in [1.807, 2.05) is 0 Å². The Labute approximate surface area is 359 Å². The quantitative estimate of drug-likeness (QED) is 0.0246. The molecule has 3 atom stereocenters. The van der Waals surface area contributed by atoms with Gasteiger partial charge in [-0.3, -0.25) is 9.59 Å². The molecule has 3 unspecified atom stereocenters. The van der Waals surface area contributed by atoms with Gasteiger partial charge in [0.05, 0.1) is 25.2 Å².